The van der Waals surface area contributed by atoms with E-state index in [2.05, 4.69) is 24.5 Å². The lowest BCUT2D eigenvalue weighted by atomic mass is 10.0. The number of nitrogens with one attached hydrogen (secondary N) is 2. The Morgan fingerprint density at radius 1 is 1.00 bits per heavy atom. The number of hydrogen-bond acceptors (Lipinski definition) is 4. The van der Waals surface area contributed by atoms with Crippen LogP contribution in [0.3, 0.4) is 0 Å². The maximum Gasteiger partial charge on any atom is 0.246 e. The molecule has 2 N–H and O–H groups in total. The fraction of sp³-hybridized carbons (Fsp3) is 0.381. The predicted octanol–water partition coefficient (Wildman–Crippen LogP) is 4.66. The van der Waals surface area contributed by atoms with Crippen molar-refractivity contribution in [2.75, 3.05) is 24.4 Å². The fourth-order valence-corrected chi connectivity index (χ4v) is 2.55. The number of benzene rings is 2. The van der Waals surface area contributed by atoms with Gasteiger partial charge >= 0.3 is 0 Å². The second-order valence-electron chi connectivity index (χ2n) is 6.43. The first-order valence-electron chi connectivity index (χ1n) is 8.92. The van der Waals surface area contributed by atoms with E-state index in [1.165, 1.54) is 5.56 Å². The number of rotatable bonds is 8. The zero-order valence-corrected chi connectivity index (χ0v) is 16.1. The predicted molar refractivity (Wildman–Crippen MR) is 106 cm³/mol. The molecule has 1 amide bonds. The van der Waals surface area contributed by atoms with Gasteiger partial charge in [-0.1, -0.05) is 26.0 Å². The maximum absolute atomic E-state index is 12.4. The summed E-state index contributed by atoms with van der Waals surface area (Å²) in [6, 6.07) is 13.1. The van der Waals surface area contributed by atoms with Crippen molar-refractivity contribution in [2.24, 2.45) is 0 Å². The molecule has 0 saturated carbocycles. The molecular formula is C21H28N2O3. The van der Waals surface area contributed by atoms with Crippen molar-refractivity contribution in [3.63, 3.8) is 0 Å². The third-order valence-corrected chi connectivity index (χ3v) is 4.08. The van der Waals surface area contributed by atoms with E-state index in [0.29, 0.717) is 24.0 Å². The van der Waals surface area contributed by atoms with Gasteiger partial charge in [0, 0.05) is 17.4 Å². The van der Waals surface area contributed by atoms with Crippen LogP contribution in [0.1, 0.15) is 39.2 Å². The van der Waals surface area contributed by atoms with E-state index in [1.807, 2.05) is 56.3 Å². The molecule has 0 saturated heterocycles. The van der Waals surface area contributed by atoms with E-state index in [0.717, 1.165) is 11.4 Å². The fourth-order valence-electron chi connectivity index (χ4n) is 2.55. The van der Waals surface area contributed by atoms with Gasteiger partial charge < -0.3 is 20.1 Å². The second-order valence-corrected chi connectivity index (χ2v) is 6.43. The van der Waals surface area contributed by atoms with E-state index >= 15 is 0 Å². The highest BCUT2D eigenvalue weighted by Crippen LogP contribution is 2.30. The Morgan fingerprint density at radius 3 is 2.23 bits per heavy atom. The van der Waals surface area contributed by atoms with Crippen molar-refractivity contribution in [1.29, 1.82) is 0 Å². The first-order valence-corrected chi connectivity index (χ1v) is 8.92. The number of methoxy groups -OCH3 is 1. The number of hydrogen-bond donors (Lipinski definition) is 2. The Hall–Kier alpha value is -2.69. The molecule has 0 aromatic heterocycles. The van der Waals surface area contributed by atoms with Gasteiger partial charge in [0.25, 0.3) is 0 Å². The highest BCUT2D eigenvalue weighted by molar-refractivity contribution is 5.96. The Labute approximate surface area is 155 Å². The van der Waals surface area contributed by atoms with Crippen LogP contribution in [-0.4, -0.2) is 25.7 Å². The number of carbonyl (C=O) groups is 1. The van der Waals surface area contributed by atoms with Crippen LogP contribution in [0, 0.1) is 0 Å². The third-order valence-electron chi connectivity index (χ3n) is 4.08. The van der Waals surface area contributed by atoms with Gasteiger partial charge in [-0.3, -0.25) is 4.79 Å². The molecule has 0 unspecified atom stereocenters. The van der Waals surface area contributed by atoms with Gasteiger partial charge in [-0.15, -0.1) is 0 Å². The van der Waals surface area contributed by atoms with Crippen LogP contribution < -0.4 is 20.1 Å². The minimum Gasteiger partial charge on any atom is -0.493 e. The van der Waals surface area contributed by atoms with Gasteiger partial charge in [0.1, 0.15) is 6.04 Å². The smallest absolute Gasteiger partial charge is 0.246 e. The molecule has 2 aromatic carbocycles. The lowest BCUT2D eigenvalue weighted by Gasteiger charge is -2.17. The van der Waals surface area contributed by atoms with Gasteiger partial charge in [-0.25, -0.2) is 0 Å². The zero-order valence-electron chi connectivity index (χ0n) is 16.1. The summed E-state index contributed by atoms with van der Waals surface area (Å²) in [5.74, 6) is 1.68. The Morgan fingerprint density at radius 2 is 1.65 bits per heavy atom. The van der Waals surface area contributed by atoms with Crippen molar-refractivity contribution >= 4 is 17.3 Å². The monoisotopic (exact) mass is 356 g/mol. The molecule has 140 valence electrons. The maximum atomic E-state index is 12.4. The van der Waals surface area contributed by atoms with E-state index in [4.69, 9.17) is 9.47 Å². The number of anilines is 2. The molecule has 0 heterocycles. The number of carbonyl (C=O) groups excluding carboxylic acids is 1. The summed E-state index contributed by atoms with van der Waals surface area (Å²) in [6.07, 6.45) is 0. The van der Waals surface area contributed by atoms with Crippen molar-refractivity contribution < 1.29 is 14.3 Å². The van der Waals surface area contributed by atoms with Crippen LogP contribution in [0.4, 0.5) is 11.4 Å². The topological polar surface area (TPSA) is 59.6 Å². The minimum absolute atomic E-state index is 0.102. The molecule has 5 heteroatoms. The highest BCUT2D eigenvalue weighted by atomic mass is 16.5. The van der Waals surface area contributed by atoms with Crippen molar-refractivity contribution in [3.8, 4) is 11.5 Å². The van der Waals surface area contributed by atoms with Gasteiger partial charge in [0.2, 0.25) is 5.91 Å². The molecule has 0 aliphatic carbocycles. The molecule has 0 aliphatic rings. The average molecular weight is 356 g/mol. The summed E-state index contributed by atoms with van der Waals surface area (Å²) in [4.78, 5) is 12.4. The van der Waals surface area contributed by atoms with Gasteiger partial charge in [-0.2, -0.15) is 0 Å². The Bertz CT molecular complexity index is 727. The van der Waals surface area contributed by atoms with E-state index < -0.39 is 6.04 Å². The molecule has 2 rings (SSSR count). The SMILES string of the molecule is CCOc1ccc(N[C@H](C)C(=O)Nc2ccc(C(C)C)cc2)cc1OC. The van der Waals surface area contributed by atoms with Crippen LogP contribution in [0.25, 0.3) is 0 Å². The summed E-state index contributed by atoms with van der Waals surface area (Å²) in [7, 11) is 1.60. The van der Waals surface area contributed by atoms with Crippen molar-refractivity contribution in [2.45, 2.75) is 39.7 Å². The summed E-state index contributed by atoms with van der Waals surface area (Å²) < 4.78 is 10.8. The number of ether oxygens (including phenoxy) is 2. The van der Waals surface area contributed by atoms with Crippen molar-refractivity contribution in [3.05, 3.63) is 48.0 Å². The van der Waals surface area contributed by atoms with Crippen LogP contribution in [-0.2, 0) is 4.79 Å². The Kier molecular flexibility index (Phi) is 6.89. The standard InChI is InChI=1S/C21H28N2O3/c1-6-26-19-12-11-18(13-20(19)25-5)22-15(4)21(24)23-17-9-7-16(8-10-17)14(2)3/h7-15,22H,6H2,1-5H3,(H,23,24)/t15-/m1/s1. The summed E-state index contributed by atoms with van der Waals surface area (Å²) in [5.41, 5.74) is 2.83. The van der Waals surface area contributed by atoms with E-state index in [1.54, 1.807) is 7.11 Å². The normalized spacial score (nSPS) is 11.8. The lowest BCUT2D eigenvalue weighted by Crippen LogP contribution is -2.31. The van der Waals surface area contributed by atoms with Gasteiger partial charge in [0.15, 0.2) is 11.5 Å². The van der Waals surface area contributed by atoms with Crippen LogP contribution in [0.2, 0.25) is 0 Å². The first-order chi connectivity index (χ1) is 12.4. The first kappa shape index (κ1) is 19.6. The van der Waals surface area contributed by atoms with Crippen LogP contribution in [0.5, 0.6) is 11.5 Å². The molecule has 0 radical (unpaired) electrons. The van der Waals surface area contributed by atoms with E-state index in [9.17, 15) is 4.79 Å². The third kappa shape index (κ3) is 5.15. The molecule has 5 nitrogen and oxygen atoms in total. The van der Waals surface area contributed by atoms with Crippen LogP contribution >= 0.6 is 0 Å². The van der Waals surface area contributed by atoms with E-state index in [-0.39, 0.29) is 5.91 Å². The Balaban J connectivity index is 2.00. The summed E-state index contributed by atoms with van der Waals surface area (Å²) in [5, 5.41) is 6.12. The lowest BCUT2D eigenvalue weighted by molar-refractivity contribution is -0.116. The minimum atomic E-state index is -0.401. The molecule has 0 bridgehead atoms. The summed E-state index contributed by atoms with van der Waals surface area (Å²) in [6.45, 7) is 8.60. The zero-order chi connectivity index (χ0) is 19.1. The highest BCUT2D eigenvalue weighted by Gasteiger charge is 2.14. The molecule has 26 heavy (non-hydrogen) atoms. The van der Waals surface area contributed by atoms with Crippen LogP contribution in [0.15, 0.2) is 42.5 Å². The quantitative estimate of drug-likeness (QED) is 0.722. The van der Waals surface area contributed by atoms with Crippen molar-refractivity contribution in [1.82, 2.24) is 0 Å². The molecule has 1 atom stereocenters. The summed E-state index contributed by atoms with van der Waals surface area (Å²) >= 11 is 0. The molecule has 0 aliphatic heterocycles. The second kappa shape index (κ2) is 9.13. The van der Waals surface area contributed by atoms with Gasteiger partial charge in [0.05, 0.1) is 13.7 Å². The van der Waals surface area contributed by atoms with Gasteiger partial charge in [-0.05, 0) is 49.6 Å². The largest absolute Gasteiger partial charge is 0.493 e. The molecule has 0 fully saturated rings. The number of amides is 1. The molecule has 0 spiro atoms. The average Bonchev–Trinajstić information content (AvgIpc) is 2.63. The molecule has 2 aromatic rings. The molecular weight excluding hydrogens is 328 g/mol.